The molecule has 5 nitrogen and oxygen atoms in total. The molecule has 0 aromatic rings. The lowest BCUT2D eigenvalue weighted by molar-refractivity contribution is -0.131. The number of rotatable bonds is 4. The number of piperazine rings is 1. The number of nitrogens with zero attached hydrogens (tertiary/aromatic N) is 2. The molecule has 0 aliphatic carbocycles. The van der Waals surface area contributed by atoms with Gasteiger partial charge in [-0.3, -0.25) is 9.69 Å². The zero-order chi connectivity index (χ0) is 13.8. The van der Waals surface area contributed by atoms with Gasteiger partial charge in [0.25, 0.3) is 0 Å². The average molecular weight is 281 g/mol. The molecule has 0 saturated carbocycles. The topological polar surface area (TPSA) is 44.8 Å². The van der Waals surface area contributed by atoms with E-state index in [-0.39, 0.29) is 0 Å². The molecule has 20 heavy (non-hydrogen) atoms. The molecule has 0 aromatic heterocycles. The van der Waals surface area contributed by atoms with Crippen LogP contribution in [0.25, 0.3) is 0 Å². The molecule has 0 spiro atoms. The second-order valence-electron chi connectivity index (χ2n) is 6.24. The largest absolute Gasteiger partial charge is 0.378 e. The summed E-state index contributed by atoms with van der Waals surface area (Å²) in [6.07, 6.45) is 5.35. The molecular weight excluding hydrogens is 254 g/mol. The molecule has 3 fully saturated rings. The normalized spacial score (nSPS) is 31.9. The predicted octanol–water partition coefficient (Wildman–Crippen LogP) is 0.452. The van der Waals surface area contributed by atoms with E-state index in [0.717, 1.165) is 71.6 Å². The average Bonchev–Trinajstić information content (AvgIpc) is 3.17. The quantitative estimate of drug-likeness (QED) is 0.813. The molecule has 0 bridgehead atoms. The molecule has 1 N–H and O–H groups in total. The second kappa shape index (κ2) is 6.87. The van der Waals surface area contributed by atoms with Crippen LogP contribution in [0, 0.1) is 0 Å². The first-order chi connectivity index (χ1) is 9.83. The lowest BCUT2D eigenvalue weighted by Crippen LogP contribution is -2.49. The summed E-state index contributed by atoms with van der Waals surface area (Å²) in [4.78, 5) is 16.9. The zero-order valence-corrected chi connectivity index (χ0v) is 12.4. The third kappa shape index (κ3) is 3.51. The molecule has 0 aromatic carbocycles. The van der Waals surface area contributed by atoms with E-state index >= 15 is 0 Å². The van der Waals surface area contributed by atoms with Crippen LogP contribution in [0.5, 0.6) is 0 Å². The van der Waals surface area contributed by atoms with Gasteiger partial charge in [-0.15, -0.1) is 0 Å². The Balaban J connectivity index is 1.40. The number of amides is 1. The van der Waals surface area contributed by atoms with E-state index in [1.165, 1.54) is 0 Å². The Hall–Kier alpha value is -0.650. The van der Waals surface area contributed by atoms with Gasteiger partial charge < -0.3 is 15.0 Å². The minimum Gasteiger partial charge on any atom is -0.378 e. The maximum atomic E-state index is 12.3. The van der Waals surface area contributed by atoms with E-state index in [1.54, 1.807) is 0 Å². The maximum Gasteiger partial charge on any atom is 0.222 e. The van der Waals surface area contributed by atoms with E-state index < -0.39 is 0 Å². The van der Waals surface area contributed by atoms with Gasteiger partial charge in [0.15, 0.2) is 0 Å². The van der Waals surface area contributed by atoms with Gasteiger partial charge in [-0.2, -0.15) is 0 Å². The van der Waals surface area contributed by atoms with Crippen molar-refractivity contribution in [3.63, 3.8) is 0 Å². The van der Waals surface area contributed by atoms with Crippen molar-refractivity contribution in [2.45, 2.75) is 44.2 Å². The fraction of sp³-hybridized carbons (Fsp3) is 0.933. The Labute approximate surface area is 121 Å². The number of hydrogen-bond acceptors (Lipinski definition) is 4. The van der Waals surface area contributed by atoms with Gasteiger partial charge in [0.2, 0.25) is 5.91 Å². The molecule has 1 amide bonds. The monoisotopic (exact) mass is 281 g/mol. The van der Waals surface area contributed by atoms with Crippen molar-refractivity contribution in [3.8, 4) is 0 Å². The Morgan fingerprint density at radius 1 is 1.20 bits per heavy atom. The Morgan fingerprint density at radius 3 is 2.80 bits per heavy atom. The highest BCUT2D eigenvalue weighted by Crippen LogP contribution is 2.20. The van der Waals surface area contributed by atoms with Crippen molar-refractivity contribution in [3.05, 3.63) is 0 Å². The third-order valence-electron chi connectivity index (χ3n) is 4.89. The van der Waals surface area contributed by atoms with Crippen LogP contribution in [-0.2, 0) is 9.53 Å². The van der Waals surface area contributed by atoms with Crippen molar-refractivity contribution in [2.75, 3.05) is 45.9 Å². The number of carbonyl (C=O) groups excluding carboxylic acids is 1. The van der Waals surface area contributed by atoms with Crippen molar-refractivity contribution in [1.82, 2.24) is 15.1 Å². The molecule has 3 aliphatic rings. The Bertz CT molecular complexity index is 325. The van der Waals surface area contributed by atoms with Crippen LogP contribution >= 0.6 is 0 Å². The van der Waals surface area contributed by atoms with Crippen LogP contribution in [0.1, 0.15) is 32.1 Å². The smallest absolute Gasteiger partial charge is 0.222 e. The van der Waals surface area contributed by atoms with E-state index in [9.17, 15) is 4.79 Å². The summed E-state index contributed by atoms with van der Waals surface area (Å²) in [5.41, 5.74) is 0. The summed E-state index contributed by atoms with van der Waals surface area (Å²) >= 11 is 0. The number of hydrogen-bond donors (Lipinski definition) is 1. The first-order valence-electron chi connectivity index (χ1n) is 8.17. The summed E-state index contributed by atoms with van der Waals surface area (Å²) in [6, 6.07) is 0.587. The first-order valence-corrected chi connectivity index (χ1v) is 8.17. The highest BCUT2D eigenvalue weighted by atomic mass is 16.5. The van der Waals surface area contributed by atoms with Crippen molar-refractivity contribution >= 4 is 5.91 Å². The molecule has 0 radical (unpaired) electrons. The van der Waals surface area contributed by atoms with Gasteiger partial charge in [-0.05, 0) is 25.7 Å². The summed E-state index contributed by atoms with van der Waals surface area (Å²) < 4.78 is 5.60. The van der Waals surface area contributed by atoms with E-state index in [4.69, 9.17) is 4.74 Å². The third-order valence-corrected chi connectivity index (χ3v) is 4.89. The molecule has 114 valence electrons. The lowest BCUT2D eigenvalue weighted by atomic mass is 10.1. The van der Waals surface area contributed by atoms with Gasteiger partial charge in [0.1, 0.15) is 0 Å². The summed E-state index contributed by atoms with van der Waals surface area (Å²) in [7, 11) is 0. The molecule has 2 unspecified atom stereocenters. The zero-order valence-electron chi connectivity index (χ0n) is 12.4. The van der Waals surface area contributed by atoms with Crippen LogP contribution in [0.4, 0.5) is 0 Å². The number of nitrogens with one attached hydrogen (secondary N) is 1. The van der Waals surface area contributed by atoms with Gasteiger partial charge in [0.05, 0.1) is 6.10 Å². The van der Waals surface area contributed by atoms with Crippen LogP contribution in [-0.4, -0.2) is 73.7 Å². The standard InChI is InChI=1S/C15H27N3O2/c19-15(4-3-14-2-1-11-20-14)18-8-5-13(12-18)17-9-6-16-7-10-17/h13-14,16H,1-12H2. The maximum absolute atomic E-state index is 12.3. The minimum atomic E-state index is 0.332. The number of likely N-dealkylation sites (tertiary alicyclic amines) is 1. The molecule has 3 saturated heterocycles. The van der Waals surface area contributed by atoms with Crippen LogP contribution in [0.2, 0.25) is 0 Å². The second-order valence-corrected chi connectivity index (χ2v) is 6.24. The summed E-state index contributed by atoms with van der Waals surface area (Å²) in [6.45, 7) is 7.19. The summed E-state index contributed by atoms with van der Waals surface area (Å²) in [5, 5.41) is 3.39. The fourth-order valence-corrected chi connectivity index (χ4v) is 3.63. The first kappa shape index (κ1) is 14.3. The van der Waals surface area contributed by atoms with Crippen molar-refractivity contribution in [2.24, 2.45) is 0 Å². The molecule has 3 rings (SSSR count). The highest BCUT2D eigenvalue weighted by Gasteiger charge is 2.31. The highest BCUT2D eigenvalue weighted by molar-refractivity contribution is 5.76. The van der Waals surface area contributed by atoms with Crippen LogP contribution in [0.15, 0.2) is 0 Å². The number of ether oxygens (including phenoxy) is 1. The fourth-order valence-electron chi connectivity index (χ4n) is 3.63. The molecule has 5 heteroatoms. The van der Waals surface area contributed by atoms with Gasteiger partial charge in [-0.25, -0.2) is 0 Å². The van der Waals surface area contributed by atoms with Gasteiger partial charge in [-0.1, -0.05) is 0 Å². The molecule has 2 atom stereocenters. The Kier molecular flexibility index (Phi) is 4.91. The van der Waals surface area contributed by atoms with E-state index in [2.05, 4.69) is 15.1 Å². The van der Waals surface area contributed by atoms with E-state index in [0.29, 0.717) is 24.5 Å². The van der Waals surface area contributed by atoms with E-state index in [1.807, 2.05) is 0 Å². The van der Waals surface area contributed by atoms with Gasteiger partial charge in [0, 0.05) is 58.3 Å². The van der Waals surface area contributed by atoms with Crippen LogP contribution < -0.4 is 5.32 Å². The van der Waals surface area contributed by atoms with Gasteiger partial charge >= 0.3 is 0 Å². The Morgan fingerprint density at radius 2 is 2.05 bits per heavy atom. The summed E-state index contributed by atoms with van der Waals surface area (Å²) in [5.74, 6) is 0.332. The SMILES string of the molecule is O=C(CCC1CCCO1)N1CCC(N2CCNCC2)C1. The van der Waals surface area contributed by atoms with Crippen molar-refractivity contribution in [1.29, 1.82) is 0 Å². The molecule has 3 heterocycles. The predicted molar refractivity (Wildman–Crippen MR) is 77.6 cm³/mol. The van der Waals surface area contributed by atoms with Crippen LogP contribution in [0.3, 0.4) is 0 Å². The lowest BCUT2D eigenvalue weighted by Gasteiger charge is -2.32. The molecular formula is C15H27N3O2. The van der Waals surface area contributed by atoms with Crippen molar-refractivity contribution < 1.29 is 9.53 Å². The number of carbonyl (C=O) groups is 1. The molecule has 3 aliphatic heterocycles. The minimum absolute atomic E-state index is 0.332.